The molecule has 1 saturated heterocycles. The lowest BCUT2D eigenvalue weighted by Crippen LogP contribution is -2.42. The molecule has 1 fully saturated rings. The van der Waals surface area contributed by atoms with Crippen LogP contribution in [0.2, 0.25) is 0 Å². The van der Waals surface area contributed by atoms with Gasteiger partial charge in [-0.25, -0.2) is 4.98 Å². The van der Waals surface area contributed by atoms with Crippen LogP contribution in [0.5, 0.6) is 11.6 Å². The summed E-state index contributed by atoms with van der Waals surface area (Å²) >= 11 is 3.38. The summed E-state index contributed by atoms with van der Waals surface area (Å²) < 4.78 is 6.76. The highest BCUT2D eigenvalue weighted by Crippen LogP contribution is 2.26. The molecule has 1 aliphatic heterocycles. The number of pyridine rings is 1. The minimum atomic E-state index is -0.0582. The number of benzene rings is 1. The monoisotopic (exact) mass is 375 g/mol. The Kier molecular flexibility index (Phi) is 4.93. The molecule has 3 rings (SSSR count). The highest BCUT2D eigenvalue weighted by Gasteiger charge is 2.24. The maximum absolute atomic E-state index is 12.7. The van der Waals surface area contributed by atoms with E-state index in [1.54, 1.807) is 18.3 Å². The van der Waals surface area contributed by atoms with E-state index in [0.29, 0.717) is 30.3 Å². The van der Waals surface area contributed by atoms with Crippen molar-refractivity contribution in [3.05, 3.63) is 52.6 Å². The number of halogens is 1. The van der Waals surface area contributed by atoms with Gasteiger partial charge in [0.1, 0.15) is 11.3 Å². The Morgan fingerprint density at radius 1 is 1.22 bits per heavy atom. The number of nitrogens with two attached hydrogens (primary N) is 1. The van der Waals surface area contributed by atoms with Crippen molar-refractivity contribution in [2.24, 2.45) is 5.73 Å². The van der Waals surface area contributed by atoms with Crippen molar-refractivity contribution in [3.8, 4) is 11.6 Å². The number of piperidine rings is 1. The van der Waals surface area contributed by atoms with Gasteiger partial charge in [-0.2, -0.15) is 0 Å². The number of hydrogen-bond donors (Lipinski definition) is 1. The zero-order valence-corrected chi connectivity index (χ0v) is 14.2. The predicted molar refractivity (Wildman–Crippen MR) is 91.6 cm³/mol. The number of carbonyl (C=O) groups is 1. The smallest absolute Gasteiger partial charge is 0.259 e. The maximum atomic E-state index is 12.7. The van der Waals surface area contributed by atoms with E-state index in [4.69, 9.17) is 10.5 Å². The molecule has 120 valence electrons. The van der Waals surface area contributed by atoms with Crippen LogP contribution >= 0.6 is 15.9 Å². The van der Waals surface area contributed by atoms with Gasteiger partial charge in [0.25, 0.3) is 5.91 Å². The molecule has 5 nitrogen and oxygen atoms in total. The number of aromatic nitrogens is 1. The number of ether oxygens (including phenoxy) is 1. The summed E-state index contributed by atoms with van der Waals surface area (Å²) in [6.07, 6.45) is 3.28. The second-order valence-corrected chi connectivity index (χ2v) is 6.46. The molecule has 1 amide bonds. The Morgan fingerprint density at radius 3 is 2.61 bits per heavy atom. The predicted octanol–water partition coefficient (Wildman–Crippen LogP) is 3.20. The minimum absolute atomic E-state index is 0.0582. The minimum Gasteiger partial charge on any atom is -0.438 e. The van der Waals surface area contributed by atoms with E-state index < -0.39 is 0 Å². The number of carbonyl (C=O) groups excluding carboxylic acids is 1. The third kappa shape index (κ3) is 3.89. The average Bonchev–Trinajstić information content (AvgIpc) is 2.57. The van der Waals surface area contributed by atoms with Gasteiger partial charge >= 0.3 is 0 Å². The Labute approximate surface area is 143 Å². The van der Waals surface area contributed by atoms with Crippen LogP contribution < -0.4 is 10.5 Å². The van der Waals surface area contributed by atoms with Crippen LogP contribution in [0.15, 0.2) is 47.1 Å². The second-order valence-electron chi connectivity index (χ2n) is 5.54. The van der Waals surface area contributed by atoms with Gasteiger partial charge in [-0.1, -0.05) is 15.9 Å². The molecule has 6 heteroatoms. The highest BCUT2D eigenvalue weighted by molar-refractivity contribution is 9.10. The topological polar surface area (TPSA) is 68.5 Å². The van der Waals surface area contributed by atoms with Gasteiger partial charge in [0, 0.05) is 29.8 Å². The van der Waals surface area contributed by atoms with Crippen molar-refractivity contribution < 1.29 is 9.53 Å². The fraction of sp³-hybridized carbons (Fsp3) is 0.294. The van der Waals surface area contributed by atoms with Gasteiger partial charge in [-0.05, 0) is 49.2 Å². The van der Waals surface area contributed by atoms with E-state index in [1.165, 1.54) is 0 Å². The standard InChI is InChI=1S/C17H18BrN3O2/c18-12-3-5-14(6-4-12)23-16-15(2-1-9-20-16)17(22)21-10-7-13(19)8-11-21/h1-6,9,13H,7-8,10-11,19H2. The molecule has 0 atom stereocenters. The molecule has 1 aromatic heterocycles. The van der Waals surface area contributed by atoms with Crippen molar-refractivity contribution in [1.82, 2.24) is 9.88 Å². The van der Waals surface area contributed by atoms with Gasteiger partial charge in [0.05, 0.1) is 0 Å². The van der Waals surface area contributed by atoms with Gasteiger partial charge < -0.3 is 15.4 Å². The van der Waals surface area contributed by atoms with Crippen molar-refractivity contribution in [2.75, 3.05) is 13.1 Å². The van der Waals surface area contributed by atoms with Gasteiger partial charge in [-0.3, -0.25) is 4.79 Å². The SMILES string of the molecule is NC1CCN(C(=O)c2cccnc2Oc2ccc(Br)cc2)CC1. The lowest BCUT2D eigenvalue weighted by atomic mass is 10.1. The Hall–Kier alpha value is -1.92. The van der Waals surface area contributed by atoms with E-state index in [9.17, 15) is 4.79 Å². The van der Waals surface area contributed by atoms with Crippen molar-refractivity contribution in [2.45, 2.75) is 18.9 Å². The number of nitrogens with zero attached hydrogens (tertiary/aromatic N) is 2. The first-order valence-electron chi connectivity index (χ1n) is 7.57. The van der Waals surface area contributed by atoms with Crippen LogP contribution in [0.3, 0.4) is 0 Å². The molecule has 2 heterocycles. The quantitative estimate of drug-likeness (QED) is 0.893. The van der Waals surface area contributed by atoms with Gasteiger partial charge in [-0.15, -0.1) is 0 Å². The number of amides is 1. The lowest BCUT2D eigenvalue weighted by molar-refractivity contribution is 0.0711. The fourth-order valence-electron chi connectivity index (χ4n) is 2.52. The molecule has 1 aliphatic rings. The normalized spacial score (nSPS) is 15.5. The molecule has 23 heavy (non-hydrogen) atoms. The van der Waals surface area contributed by atoms with Crippen LogP contribution in [0, 0.1) is 0 Å². The van der Waals surface area contributed by atoms with Crippen LogP contribution in [-0.4, -0.2) is 34.9 Å². The molecule has 0 unspecified atom stereocenters. The van der Waals surface area contributed by atoms with Crippen LogP contribution in [-0.2, 0) is 0 Å². The molecule has 0 bridgehead atoms. The molecule has 0 radical (unpaired) electrons. The highest BCUT2D eigenvalue weighted by atomic mass is 79.9. The largest absolute Gasteiger partial charge is 0.438 e. The van der Waals surface area contributed by atoms with Crippen LogP contribution in [0.25, 0.3) is 0 Å². The molecule has 1 aromatic carbocycles. The first-order valence-corrected chi connectivity index (χ1v) is 8.36. The Bertz CT molecular complexity index is 682. The first kappa shape index (κ1) is 16.0. The van der Waals surface area contributed by atoms with Gasteiger partial charge in [0.2, 0.25) is 5.88 Å². The van der Waals surface area contributed by atoms with E-state index in [2.05, 4.69) is 20.9 Å². The third-order valence-corrected chi connectivity index (χ3v) is 4.39. The lowest BCUT2D eigenvalue weighted by Gasteiger charge is -2.30. The van der Waals surface area contributed by atoms with E-state index in [-0.39, 0.29) is 11.9 Å². The van der Waals surface area contributed by atoms with Crippen molar-refractivity contribution in [3.63, 3.8) is 0 Å². The number of hydrogen-bond acceptors (Lipinski definition) is 4. The zero-order valence-electron chi connectivity index (χ0n) is 12.6. The summed E-state index contributed by atoms with van der Waals surface area (Å²) in [6, 6.07) is 11.1. The average molecular weight is 376 g/mol. The molecule has 0 aliphatic carbocycles. The maximum Gasteiger partial charge on any atom is 0.259 e. The van der Waals surface area contributed by atoms with Crippen molar-refractivity contribution in [1.29, 1.82) is 0 Å². The van der Waals surface area contributed by atoms with E-state index >= 15 is 0 Å². The molecule has 0 spiro atoms. The van der Waals surface area contributed by atoms with E-state index in [1.807, 2.05) is 29.2 Å². The fourth-order valence-corrected chi connectivity index (χ4v) is 2.79. The number of rotatable bonds is 3. The van der Waals surface area contributed by atoms with Crippen LogP contribution in [0.1, 0.15) is 23.2 Å². The van der Waals surface area contributed by atoms with Crippen LogP contribution in [0.4, 0.5) is 0 Å². The summed E-state index contributed by atoms with van der Waals surface area (Å²) in [4.78, 5) is 18.8. The molecule has 2 aromatic rings. The first-order chi connectivity index (χ1) is 11.1. The van der Waals surface area contributed by atoms with Gasteiger partial charge in [0.15, 0.2) is 0 Å². The molecular formula is C17H18BrN3O2. The number of likely N-dealkylation sites (tertiary alicyclic amines) is 1. The van der Waals surface area contributed by atoms with E-state index in [0.717, 1.165) is 17.3 Å². The third-order valence-electron chi connectivity index (χ3n) is 3.86. The summed E-state index contributed by atoms with van der Waals surface area (Å²) in [5, 5.41) is 0. The Balaban J connectivity index is 1.80. The zero-order chi connectivity index (χ0) is 16.2. The summed E-state index contributed by atoms with van der Waals surface area (Å²) in [5.41, 5.74) is 6.38. The molecule has 2 N–H and O–H groups in total. The summed E-state index contributed by atoms with van der Waals surface area (Å²) in [6.45, 7) is 1.35. The summed E-state index contributed by atoms with van der Waals surface area (Å²) in [7, 11) is 0. The molecular weight excluding hydrogens is 358 g/mol. The summed E-state index contributed by atoms with van der Waals surface area (Å²) in [5.74, 6) is 0.911. The van der Waals surface area contributed by atoms with Crippen molar-refractivity contribution >= 4 is 21.8 Å². The second kappa shape index (κ2) is 7.10. The molecule has 0 saturated carbocycles. The Morgan fingerprint density at radius 2 is 1.91 bits per heavy atom.